The molecule has 0 saturated carbocycles. The number of halogens is 2. The highest BCUT2D eigenvalue weighted by Crippen LogP contribution is 2.28. The molecule has 2 rings (SSSR count). The van der Waals surface area contributed by atoms with E-state index in [1.54, 1.807) is 18.4 Å². The van der Waals surface area contributed by atoms with Crippen molar-refractivity contribution in [3.8, 4) is 0 Å². The van der Waals surface area contributed by atoms with Crippen LogP contribution in [0.1, 0.15) is 23.7 Å². The van der Waals surface area contributed by atoms with Crippen LogP contribution in [0.5, 0.6) is 0 Å². The van der Waals surface area contributed by atoms with Gasteiger partial charge < -0.3 is 9.73 Å². The van der Waals surface area contributed by atoms with E-state index in [1.165, 1.54) is 12.1 Å². The van der Waals surface area contributed by atoms with Crippen LogP contribution in [0.4, 0.5) is 4.39 Å². The minimum Gasteiger partial charge on any atom is -0.469 e. The van der Waals surface area contributed by atoms with Gasteiger partial charge in [-0.25, -0.2) is 4.39 Å². The van der Waals surface area contributed by atoms with Crippen LogP contribution in [0.2, 0.25) is 0 Å². The lowest BCUT2D eigenvalue weighted by Gasteiger charge is -2.15. The average molecular weight is 296 g/mol. The predicted molar refractivity (Wildman–Crippen MR) is 75.3 cm³/mol. The number of hydrogen-bond acceptors (Lipinski definition) is 2. The Morgan fingerprint density at radius 3 is 2.65 bits per heavy atom. The van der Waals surface area contributed by atoms with Crippen molar-refractivity contribution in [3.05, 3.63) is 59.8 Å². The first-order valence-electron chi connectivity index (χ1n) is 6.32. The van der Waals surface area contributed by atoms with Gasteiger partial charge in [-0.2, -0.15) is 0 Å². The molecule has 1 amide bonds. The third-order valence-electron chi connectivity index (χ3n) is 3.04. The van der Waals surface area contributed by atoms with Gasteiger partial charge in [0.25, 0.3) is 0 Å². The molecule has 0 fully saturated rings. The minimum atomic E-state index is -0.276. The molecule has 106 valence electrons. The van der Waals surface area contributed by atoms with Crippen LogP contribution in [-0.4, -0.2) is 18.3 Å². The van der Waals surface area contributed by atoms with Crippen molar-refractivity contribution >= 4 is 17.5 Å². The molecule has 20 heavy (non-hydrogen) atoms. The summed E-state index contributed by atoms with van der Waals surface area (Å²) in [6.45, 7) is 0.480. The van der Waals surface area contributed by atoms with Gasteiger partial charge in [0, 0.05) is 12.5 Å². The van der Waals surface area contributed by atoms with Gasteiger partial charge in [0.05, 0.1) is 6.26 Å². The first-order chi connectivity index (χ1) is 9.70. The Labute approximate surface area is 121 Å². The van der Waals surface area contributed by atoms with Crippen molar-refractivity contribution in [1.29, 1.82) is 0 Å². The number of rotatable bonds is 6. The second kappa shape index (κ2) is 7.10. The van der Waals surface area contributed by atoms with Crippen LogP contribution < -0.4 is 5.32 Å². The zero-order chi connectivity index (χ0) is 14.4. The molecule has 3 nitrogen and oxygen atoms in total. The van der Waals surface area contributed by atoms with Gasteiger partial charge in [-0.05, 0) is 36.2 Å². The van der Waals surface area contributed by atoms with Gasteiger partial charge in [0.1, 0.15) is 17.5 Å². The van der Waals surface area contributed by atoms with E-state index < -0.39 is 0 Å². The van der Waals surface area contributed by atoms with Crippen molar-refractivity contribution in [2.24, 2.45) is 0 Å². The normalized spacial score (nSPS) is 12.1. The topological polar surface area (TPSA) is 42.2 Å². The highest BCUT2D eigenvalue weighted by Gasteiger charge is 2.17. The maximum atomic E-state index is 13.0. The van der Waals surface area contributed by atoms with E-state index in [0.29, 0.717) is 13.0 Å². The van der Waals surface area contributed by atoms with Crippen molar-refractivity contribution in [3.63, 3.8) is 0 Å². The maximum Gasteiger partial charge on any atom is 0.234 e. The number of nitrogens with one attached hydrogen (secondary N) is 1. The van der Waals surface area contributed by atoms with E-state index in [2.05, 4.69) is 5.32 Å². The standard InChI is InChI=1S/C15H15ClFNO2/c16-10-15(19)18-8-7-13(14-2-1-9-20-14)11-3-5-12(17)6-4-11/h1-6,9,13H,7-8,10H2,(H,18,19). The third-order valence-corrected chi connectivity index (χ3v) is 3.28. The van der Waals surface area contributed by atoms with Gasteiger partial charge >= 0.3 is 0 Å². The average Bonchev–Trinajstić information content (AvgIpc) is 2.98. The summed E-state index contributed by atoms with van der Waals surface area (Å²) < 4.78 is 18.4. The molecule has 2 aromatic rings. The highest BCUT2D eigenvalue weighted by molar-refractivity contribution is 6.27. The van der Waals surface area contributed by atoms with Crippen LogP contribution in [0.3, 0.4) is 0 Å². The maximum absolute atomic E-state index is 13.0. The number of alkyl halides is 1. The quantitative estimate of drug-likeness (QED) is 0.831. The first kappa shape index (κ1) is 14.6. The highest BCUT2D eigenvalue weighted by atomic mass is 35.5. The van der Waals surface area contributed by atoms with Crippen LogP contribution in [0.15, 0.2) is 47.1 Å². The fourth-order valence-corrected chi connectivity index (χ4v) is 2.16. The van der Waals surface area contributed by atoms with Gasteiger partial charge in [-0.1, -0.05) is 12.1 Å². The Balaban J connectivity index is 2.09. The molecule has 5 heteroatoms. The molecule has 1 atom stereocenters. The summed E-state index contributed by atoms with van der Waals surface area (Å²) in [5, 5.41) is 2.72. The Hall–Kier alpha value is -1.81. The Bertz CT molecular complexity index is 540. The lowest BCUT2D eigenvalue weighted by molar-refractivity contribution is -0.118. The Kier molecular flexibility index (Phi) is 5.18. The second-order valence-electron chi connectivity index (χ2n) is 4.39. The van der Waals surface area contributed by atoms with Crippen LogP contribution >= 0.6 is 11.6 Å². The summed E-state index contributed by atoms with van der Waals surface area (Å²) in [6, 6.07) is 9.98. The molecule has 1 heterocycles. The van der Waals surface area contributed by atoms with E-state index in [0.717, 1.165) is 11.3 Å². The van der Waals surface area contributed by atoms with E-state index in [1.807, 2.05) is 12.1 Å². The number of carbonyl (C=O) groups is 1. The smallest absolute Gasteiger partial charge is 0.234 e. The first-order valence-corrected chi connectivity index (χ1v) is 6.85. The summed E-state index contributed by atoms with van der Waals surface area (Å²) >= 11 is 5.43. The third kappa shape index (κ3) is 3.84. The lowest BCUT2D eigenvalue weighted by atomic mass is 9.93. The van der Waals surface area contributed by atoms with Gasteiger partial charge in [0.15, 0.2) is 0 Å². The fourth-order valence-electron chi connectivity index (χ4n) is 2.06. The van der Waals surface area contributed by atoms with Crippen molar-refractivity contribution in [2.75, 3.05) is 12.4 Å². The second-order valence-corrected chi connectivity index (χ2v) is 4.66. The number of benzene rings is 1. The molecule has 0 aliphatic carbocycles. The van der Waals surface area contributed by atoms with E-state index in [9.17, 15) is 9.18 Å². The molecule has 0 aliphatic heterocycles. The van der Waals surface area contributed by atoms with Crippen LogP contribution in [0.25, 0.3) is 0 Å². The molecule has 0 aliphatic rings. The monoisotopic (exact) mass is 295 g/mol. The summed E-state index contributed by atoms with van der Waals surface area (Å²) in [6.07, 6.45) is 2.25. The molecule has 1 unspecified atom stereocenters. The van der Waals surface area contributed by atoms with E-state index in [-0.39, 0.29) is 23.5 Å². The van der Waals surface area contributed by atoms with Crippen molar-refractivity contribution < 1.29 is 13.6 Å². The summed E-state index contributed by atoms with van der Waals surface area (Å²) in [5.74, 6) is 0.228. The molecular formula is C15H15ClFNO2. The summed E-state index contributed by atoms with van der Waals surface area (Å²) in [4.78, 5) is 11.1. The number of amides is 1. The molecule has 0 bridgehead atoms. The molecule has 0 radical (unpaired) electrons. The molecular weight excluding hydrogens is 281 g/mol. The summed E-state index contributed by atoms with van der Waals surface area (Å²) in [5.41, 5.74) is 0.946. The molecule has 1 aromatic heterocycles. The molecule has 1 aromatic carbocycles. The van der Waals surface area contributed by atoms with E-state index >= 15 is 0 Å². The minimum absolute atomic E-state index is 0.0266. The van der Waals surface area contributed by atoms with Gasteiger partial charge in [-0.15, -0.1) is 11.6 Å². The number of hydrogen-bond donors (Lipinski definition) is 1. The van der Waals surface area contributed by atoms with E-state index in [4.69, 9.17) is 16.0 Å². The fraction of sp³-hybridized carbons (Fsp3) is 0.267. The molecule has 0 spiro atoms. The van der Waals surface area contributed by atoms with Crippen LogP contribution in [0, 0.1) is 5.82 Å². The Morgan fingerprint density at radius 1 is 1.30 bits per heavy atom. The Morgan fingerprint density at radius 2 is 2.05 bits per heavy atom. The van der Waals surface area contributed by atoms with Crippen LogP contribution in [-0.2, 0) is 4.79 Å². The predicted octanol–water partition coefficient (Wildman–Crippen LogP) is 3.30. The number of furan rings is 1. The van der Waals surface area contributed by atoms with Gasteiger partial charge in [0.2, 0.25) is 5.91 Å². The molecule has 1 N–H and O–H groups in total. The summed E-state index contributed by atoms with van der Waals surface area (Å²) in [7, 11) is 0. The van der Waals surface area contributed by atoms with Crippen molar-refractivity contribution in [1.82, 2.24) is 5.32 Å². The number of carbonyl (C=O) groups excluding carboxylic acids is 1. The largest absolute Gasteiger partial charge is 0.469 e. The zero-order valence-corrected chi connectivity index (χ0v) is 11.6. The SMILES string of the molecule is O=C(CCl)NCCC(c1ccc(F)cc1)c1ccco1. The molecule has 0 saturated heterocycles. The lowest BCUT2D eigenvalue weighted by Crippen LogP contribution is -2.26. The van der Waals surface area contributed by atoms with Gasteiger partial charge in [-0.3, -0.25) is 4.79 Å². The van der Waals surface area contributed by atoms with Crippen molar-refractivity contribution in [2.45, 2.75) is 12.3 Å². The zero-order valence-electron chi connectivity index (χ0n) is 10.8.